The number of nitrogens with one attached hydrogen (secondary N) is 1. The Balaban J connectivity index is 1.89. The molecule has 1 heterocycles. The number of ether oxygens (including phenoxy) is 2. The van der Waals surface area contributed by atoms with Crippen LogP contribution in [0, 0.1) is 0 Å². The van der Waals surface area contributed by atoms with Crippen molar-refractivity contribution in [2.24, 2.45) is 0 Å². The lowest BCUT2D eigenvalue weighted by molar-refractivity contribution is 0.146. The molecule has 1 aliphatic heterocycles. The van der Waals surface area contributed by atoms with Gasteiger partial charge in [-0.1, -0.05) is 30.3 Å². The van der Waals surface area contributed by atoms with E-state index >= 15 is 0 Å². The molecule has 104 valence electrons. The Kier molecular flexibility index (Phi) is 3.88. The van der Waals surface area contributed by atoms with Crippen LogP contribution in [0.25, 0.3) is 11.1 Å². The van der Waals surface area contributed by atoms with Crippen molar-refractivity contribution in [3.63, 3.8) is 0 Å². The fourth-order valence-corrected chi connectivity index (χ4v) is 2.52. The minimum atomic E-state index is 0.566. The first-order valence-corrected chi connectivity index (χ1v) is 6.96. The van der Waals surface area contributed by atoms with E-state index in [9.17, 15) is 0 Å². The van der Waals surface area contributed by atoms with Crippen LogP contribution in [0.2, 0.25) is 0 Å². The molecule has 0 unspecified atom stereocenters. The third kappa shape index (κ3) is 2.63. The first-order valence-electron chi connectivity index (χ1n) is 6.96. The van der Waals surface area contributed by atoms with E-state index in [0.717, 1.165) is 24.3 Å². The molecule has 3 rings (SSSR count). The summed E-state index contributed by atoms with van der Waals surface area (Å²) >= 11 is 0. The molecule has 0 spiro atoms. The maximum atomic E-state index is 5.81. The largest absolute Gasteiger partial charge is 0.491 e. The number of anilines is 1. The fraction of sp³-hybridized carbons (Fsp3) is 0.294. The Morgan fingerprint density at radius 1 is 1.10 bits per heavy atom. The molecule has 0 atom stereocenters. The van der Waals surface area contributed by atoms with Crippen LogP contribution in [-0.4, -0.2) is 26.9 Å². The van der Waals surface area contributed by atoms with E-state index < -0.39 is 0 Å². The zero-order valence-corrected chi connectivity index (χ0v) is 11.7. The molecule has 20 heavy (non-hydrogen) atoms. The molecule has 0 saturated heterocycles. The van der Waals surface area contributed by atoms with Gasteiger partial charge in [0, 0.05) is 24.9 Å². The van der Waals surface area contributed by atoms with Crippen LogP contribution in [-0.2, 0) is 11.2 Å². The van der Waals surface area contributed by atoms with E-state index in [4.69, 9.17) is 9.47 Å². The van der Waals surface area contributed by atoms with Gasteiger partial charge in [-0.2, -0.15) is 0 Å². The second-order valence-electron chi connectivity index (χ2n) is 4.89. The third-order valence-electron chi connectivity index (χ3n) is 3.56. The lowest BCUT2D eigenvalue weighted by Crippen LogP contribution is -2.05. The topological polar surface area (TPSA) is 30.5 Å². The van der Waals surface area contributed by atoms with Crippen LogP contribution < -0.4 is 10.1 Å². The lowest BCUT2D eigenvalue weighted by Gasteiger charge is -2.12. The molecule has 0 aliphatic carbocycles. The minimum absolute atomic E-state index is 0.566. The standard InChI is InChI=1S/C17H19NO2/c1-19-10-11-20-17-5-3-2-4-15(17)14-7-6-13-8-9-18-16(13)12-14/h2-7,12,18H,8-11H2,1H3. The molecule has 1 N–H and O–H groups in total. The van der Waals surface area contributed by atoms with E-state index in [1.54, 1.807) is 7.11 Å². The zero-order chi connectivity index (χ0) is 13.8. The highest BCUT2D eigenvalue weighted by atomic mass is 16.5. The van der Waals surface area contributed by atoms with Gasteiger partial charge in [0.25, 0.3) is 0 Å². The average molecular weight is 269 g/mol. The van der Waals surface area contributed by atoms with Gasteiger partial charge in [0.15, 0.2) is 0 Å². The quantitative estimate of drug-likeness (QED) is 0.844. The predicted octanol–water partition coefficient (Wildman–Crippen LogP) is 3.35. The van der Waals surface area contributed by atoms with Crippen molar-refractivity contribution in [3.05, 3.63) is 48.0 Å². The Bertz CT molecular complexity index is 595. The molecule has 0 fully saturated rings. The summed E-state index contributed by atoms with van der Waals surface area (Å²) in [5.41, 5.74) is 4.95. The summed E-state index contributed by atoms with van der Waals surface area (Å²) in [4.78, 5) is 0. The SMILES string of the molecule is COCCOc1ccccc1-c1ccc2c(c1)NCC2. The summed E-state index contributed by atoms with van der Waals surface area (Å²) in [6.45, 7) is 2.20. The monoisotopic (exact) mass is 269 g/mol. The summed E-state index contributed by atoms with van der Waals surface area (Å²) in [6.07, 6.45) is 1.11. The summed E-state index contributed by atoms with van der Waals surface area (Å²) < 4.78 is 10.8. The summed E-state index contributed by atoms with van der Waals surface area (Å²) in [6, 6.07) is 14.7. The van der Waals surface area contributed by atoms with Gasteiger partial charge in [-0.25, -0.2) is 0 Å². The number of para-hydroxylation sites is 1. The Hall–Kier alpha value is -2.00. The second kappa shape index (κ2) is 5.97. The molecule has 2 aromatic carbocycles. The number of hydrogen-bond donors (Lipinski definition) is 1. The van der Waals surface area contributed by atoms with E-state index in [1.807, 2.05) is 18.2 Å². The van der Waals surface area contributed by atoms with Crippen LogP contribution in [0.1, 0.15) is 5.56 Å². The molecular formula is C17H19NO2. The minimum Gasteiger partial charge on any atom is -0.491 e. The predicted molar refractivity (Wildman–Crippen MR) is 81.4 cm³/mol. The van der Waals surface area contributed by atoms with Crippen LogP contribution in [0.5, 0.6) is 5.75 Å². The summed E-state index contributed by atoms with van der Waals surface area (Å²) in [7, 11) is 1.68. The highest BCUT2D eigenvalue weighted by Crippen LogP contribution is 2.34. The molecule has 0 radical (unpaired) electrons. The number of fused-ring (bicyclic) bond motifs is 1. The molecular weight excluding hydrogens is 250 g/mol. The van der Waals surface area contributed by atoms with Gasteiger partial charge in [0.05, 0.1) is 6.61 Å². The highest BCUT2D eigenvalue weighted by molar-refractivity contribution is 5.75. The van der Waals surface area contributed by atoms with E-state index in [-0.39, 0.29) is 0 Å². The summed E-state index contributed by atoms with van der Waals surface area (Å²) in [5.74, 6) is 0.905. The zero-order valence-electron chi connectivity index (χ0n) is 11.7. The van der Waals surface area contributed by atoms with E-state index in [1.165, 1.54) is 16.8 Å². The first-order chi connectivity index (χ1) is 9.88. The van der Waals surface area contributed by atoms with Gasteiger partial charge in [-0.05, 0) is 29.7 Å². The number of hydrogen-bond acceptors (Lipinski definition) is 3. The Labute approximate surface area is 119 Å². The van der Waals surface area contributed by atoms with Crippen molar-refractivity contribution in [1.29, 1.82) is 0 Å². The molecule has 1 aliphatic rings. The van der Waals surface area contributed by atoms with Gasteiger partial charge in [-0.3, -0.25) is 0 Å². The van der Waals surface area contributed by atoms with Crippen LogP contribution >= 0.6 is 0 Å². The van der Waals surface area contributed by atoms with Crippen molar-refractivity contribution >= 4 is 5.69 Å². The molecule has 2 aromatic rings. The maximum absolute atomic E-state index is 5.81. The van der Waals surface area contributed by atoms with Crippen LogP contribution in [0.15, 0.2) is 42.5 Å². The molecule has 0 saturated carbocycles. The van der Waals surface area contributed by atoms with Crippen molar-refractivity contribution in [1.82, 2.24) is 0 Å². The normalized spacial score (nSPS) is 12.8. The first kappa shape index (κ1) is 13.0. The maximum Gasteiger partial charge on any atom is 0.127 e. The summed E-state index contributed by atoms with van der Waals surface area (Å²) in [5, 5.41) is 3.42. The number of methoxy groups -OCH3 is 1. The van der Waals surface area contributed by atoms with Gasteiger partial charge >= 0.3 is 0 Å². The third-order valence-corrected chi connectivity index (χ3v) is 3.56. The van der Waals surface area contributed by atoms with Crippen molar-refractivity contribution in [2.75, 3.05) is 32.2 Å². The van der Waals surface area contributed by atoms with E-state index in [0.29, 0.717) is 13.2 Å². The highest BCUT2D eigenvalue weighted by Gasteiger charge is 2.12. The Morgan fingerprint density at radius 3 is 2.90 bits per heavy atom. The number of benzene rings is 2. The van der Waals surface area contributed by atoms with Crippen molar-refractivity contribution in [3.8, 4) is 16.9 Å². The molecule has 0 amide bonds. The van der Waals surface area contributed by atoms with Crippen LogP contribution in [0.4, 0.5) is 5.69 Å². The molecule has 3 nitrogen and oxygen atoms in total. The van der Waals surface area contributed by atoms with Gasteiger partial charge in [0.2, 0.25) is 0 Å². The van der Waals surface area contributed by atoms with Gasteiger partial charge < -0.3 is 14.8 Å². The van der Waals surface area contributed by atoms with Gasteiger partial charge in [-0.15, -0.1) is 0 Å². The van der Waals surface area contributed by atoms with Crippen molar-refractivity contribution < 1.29 is 9.47 Å². The van der Waals surface area contributed by atoms with E-state index in [2.05, 4.69) is 29.6 Å². The molecule has 3 heteroatoms. The smallest absolute Gasteiger partial charge is 0.127 e. The van der Waals surface area contributed by atoms with Gasteiger partial charge in [0.1, 0.15) is 12.4 Å². The molecule has 0 aromatic heterocycles. The number of rotatable bonds is 5. The second-order valence-corrected chi connectivity index (χ2v) is 4.89. The Morgan fingerprint density at radius 2 is 2.00 bits per heavy atom. The van der Waals surface area contributed by atoms with Crippen molar-refractivity contribution in [2.45, 2.75) is 6.42 Å². The van der Waals surface area contributed by atoms with Crippen LogP contribution in [0.3, 0.4) is 0 Å². The average Bonchev–Trinajstić information content (AvgIpc) is 2.95. The fourth-order valence-electron chi connectivity index (χ4n) is 2.52. The lowest BCUT2D eigenvalue weighted by atomic mass is 10.0. The molecule has 0 bridgehead atoms.